The van der Waals surface area contributed by atoms with Crippen molar-refractivity contribution in [3.8, 4) is 28.0 Å². The van der Waals surface area contributed by atoms with Gasteiger partial charge in [0.2, 0.25) is 0 Å². The fourth-order valence-corrected chi connectivity index (χ4v) is 4.57. The number of aryl methyl sites for hydroxylation is 1. The number of hydrogen-bond donors (Lipinski definition) is 0. The Kier molecular flexibility index (Phi) is 7.27. The SMILES string of the molecule is CCCc1ccc(-c2ccc(-c3cc(F)c(C(F)(F)Oc4ccc5c(F)c(F)c(F)cc5c4)c(F)c3)cc2)cc1. The molecule has 0 fully saturated rings. The Morgan fingerprint density at radius 3 is 1.73 bits per heavy atom. The van der Waals surface area contributed by atoms with Gasteiger partial charge in [-0.1, -0.05) is 61.9 Å². The Hall–Kier alpha value is -4.33. The van der Waals surface area contributed by atoms with E-state index in [9.17, 15) is 30.7 Å². The summed E-state index contributed by atoms with van der Waals surface area (Å²) in [6.07, 6.45) is -2.47. The number of rotatable bonds is 7. The minimum atomic E-state index is -4.48. The van der Waals surface area contributed by atoms with E-state index in [1.54, 1.807) is 24.3 Å². The second-order valence-electron chi connectivity index (χ2n) is 9.33. The molecule has 0 amide bonds. The highest BCUT2D eigenvalue weighted by Gasteiger charge is 2.41. The van der Waals surface area contributed by atoms with E-state index in [1.165, 1.54) is 5.56 Å². The summed E-state index contributed by atoms with van der Waals surface area (Å²) in [5.74, 6) is -8.47. The average Bonchev–Trinajstić information content (AvgIpc) is 2.91. The van der Waals surface area contributed by atoms with Gasteiger partial charge in [0.25, 0.3) is 0 Å². The molecule has 40 heavy (non-hydrogen) atoms. The van der Waals surface area contributed by atoms with Gasteiger partial charge in [-0.15, -0.1) is 0 Å². The molecule has 0 saturated heterocycles. The van der Waals surface area contributed by atoms with E-state index >= 15 is 0 Å². The molecule has 5 rings (SSSR count). The van der Waals surface area contributed by atoms with Crippen LogP contribution in [0.1, 0.15) is 24.5 Å². The van der Waals surface area contributed by atoms with E-state index < -0.39 is 46.5 Å². The van der Waals surface area contributed by atoms with Crippen LogP contribution in [0.25, 0.3) is 33.0 Å². The minimum absolute atomic E-state index is 0.0399. The fraction of sp³-hybridized carbons (Fsp3) is 0.125. The molecular weight excluding hydrogens is 533 g/mol. The Morgan fingerprint density at radius 1 is 0.600 bits per heavy atom. The van der Waals surface area contributed by atoms with E-state index in [1.807, 2.05) is 24.3 Å². The van der Waals surface area contributed by atoms with Crippen molar-refractivity contribution in [3.63, 3.8) is 0 Å². The number of fused-ring (bicyclic) bond motifs is 1. The van der Waals surface area contributed by atoms with Gasteiger partial charge in [-0.25, -0.2) is 22.0 Å². The quantitative estimate of drug-likeness (QED) is 0.144. The molecule has 0 aliphatic rings. The molecule has 1 nitrogen and oxygen atoms in total. The van der Waals surface area contributed by atoms with Crippen LogP contribution < -0.4 is 4.74 Å². The molecule has 0 spiro atoms. The summed E-state index contributed by atoms with van der Waals surface area (Å²) in [7, 11) is 0. The van der Waals surface area contributed by atoms with E-state index in [4.69, 9.17) is 0 Å². The highest BCUT2D eigenvalue weighted by atomic mass is 19.3. The average molecular weight is 555 g/mol. The summed E-state index contributed by atoms with van der Waals surface area (Å²) in [6.45, 7) is 2.10. The van der Waals surface area contributed by atoms with Crippen molar-refractivity contribution in [3.05, 3.63) is 125 Å². The van der Waals surface area contributed by atoms with Crippen LogP contribution >= 0.6 is 0 Å². The third kappa shape index (κ3) is 5.26. The lowest BCUT2D eigenvalue weighted by Crippen LogP contribution is -2.25. The third-order valence-electron chi connectivity index (χ3n) is 6.57. The van der Waals surface area contributed by atoms with Gasteiger partial charge in [0.05, 0.1) is 0 Å². The molecule has 0 aliphatic heterocycles. The topological polar surface area (TPSA) is 9.23 Å². The van der Waals surface area contributed by atoms with Gasteiger partial charge >= 0.3 is 6.11 Å². The second kappa shape index (κ2) is 10.7. The summed E-state index contributed by atoms with van der Waals surface area (Å²) >= 11 is 0. The number of alkyl halides is 2. The molecule has 0 saturated carbocycles. The minimum Gasteiger partial charge on any atom is -0.429 e. The van der Waals surface area contributed by atoms with E-state index in [0.29, 0.717) is 11.6 Å². The van der Waals surface area contributed by atoms with Crippen molar-refractivity contribution in [1.82, 2.24) is 0 Å². The summed E-state index contributed by atoms with van der Waals surface area (Å²) in [4.78, 5) is 0. The van der Waals surface area contributed by atoms with Crippen molar-refractivity contribution in [2.45, 2.75) is 25.9 Å². The lowest BCUT2D eigenvalue weighted by molar-refractivity contribution is -0.189. The number of ether oxygens (including phenoxy) is 1. The molecule has 0 aliphatic carbocycles. The maximum Gasteiger partial charge on any atom is 0.432 e. The van der Waals surface area contributed by atoms with Crippen LogP contribution in [-0.2, 0) is 12.5 Å². The summed E-state index contributed by atoms with van der Waals surface area (Å²) in [5.41, 5.74) is 1.87. The number of hydrogen-bond acceptors (Lipinski definition) is 1. The van der Waals surface area contributed by atoms with Crippen molar-refractivity contribution in [1.29, 1.82) is 0 Å². The fourth-order valence-electron chi connectivity index (χ4n) is 4.57. The molecule has 0 radical (unpaired) electrons. The zero-order chi connectivity index (χ0) is 28.6. The van der Waals surface area contributed by atoms with Gasteiger partial charge in [0, 0.05) is 5.39 Å². The summed E-state index contributed by atoms with van der Waals surface area (Å²) < 4.78 is 105. The first-order valence-electron chi connectivity index (χ1n) is 12.4. The molecule has 0 unspecified atom stereocenters. The predicted octanol–water partition coefficient (Wildman–Crippen LogP) is 9.95. The first-order valence-corrected chi connectivity index (χ1v) is 12.4. The van der Waals surface area contributed by atoms with Crippen molar-refractivity contribution in [2.75, 3.05) is 0 Å². The Labute approximate surface area is 225 Å². The highest BCUT2D eigenvalue weighted by Crippen LogP contribution is 2.38. The smallest absolute Gasteiger partial charge is 0.429 e. The van der Waals surface area contributed by atoms with E-state index in [-0.39, 0.29) is 16.3 Å². The van der Waals surface area contributed by atoms with Gasteiger partial charge in [-0.05, 0) is 76.0 Å². The molecule has 0 N–H and O–H groups in total. The van der Waals surface area contributed by atoms with Gasteiger partial charge in [0.1, 0.15) is 22.9 Å². The summed E-state index contributed by atoms with van der Waals surface area (Å²) in [5, 5.41) is -0.655. The van der Waals surface area contributed by atoms with Crippen LogP contribution in [0.5, 0.6) is 5.75 Å². The number of halogens is 7. The van der Waals surface area contributed by atoms with E-state index in [0.717, 1.165) is 54.3 Å². The molecule has 0 heterocycles. The molecule has 5 aromatic rings. The normalized spacial score (nSPS) is 11.7. The van der Waals surface area contributed by atoms with Crippen molar-refractivity contribution in [2.24, 2.45) is 0 Å². The zero-order valence-corrected chi connectivity index (χ0v) is 21.1. The zero-order valence-electron chi connectivity index (χ0n) is 21.1. The standard InChI is InChI=1S/C32H21F7O/c1-2-3-18-4-6-19(7-5-18)20-8-10-21(11-9-20)22-15-26(33)29(27(34)16-22)32(38,39)40-24-12-13-25-23(14-24)17-28(35)31(37)30(25)36/h4-17H,2-3H2,1H3. The van der Waals surface area contributed by atoms with Gasteiger partial charge in [-0.3, -0.25) is 0 Å². The predicted molar refractivity (Wildman–Crippen MR) is 140 cm³/mol. The maximum atomic E-state index is 14.9. The van der Waals surface area contributed by atoms with Crippen LogP contribution in [0.3, 0.4) is 0 Å². The van der Waals surface area contributed by atoms with Crippen LogP contribution in [0, 0.1) is 29.1 Å². The molecular formula is C32H21F7O. The molecule has 0 atom stereocenters. The number of benzene rings is 5. The second-order valence-corrected chi connectivity index (χ2v) is 9.33. The van der Waals surface area contributed by atoms with Gasteiger partial charge in [-0.2, -0.15) is 8.78 Å². The Morgan fingerprint density at radius 2 is 1.15 bits per heavy atom. The first kappa shape index (κ1) is 27.2. The lowest BCUT2D eigenvalue weighted by atomic mass is 9.98. The van der Waals surface area contributed by atoms with Crippen LogP contribution in [-0.4, -0.2) is 0 Å². The highest BCUT2D eigenvalue weighted by molar-refractivity contribution is 5.84. The molecule has 0 bridgehead atoms. The Bertz CT molecular complexity index is 1670. The maximum absolute atomic E-state index is 14.9. The van der Waals surface area contributed by atoms with Gasteiger partial charge < -0.3 is 4.74 Å². The monoisotopic (exact) mass is 554 g/mol. The Balaban J connectivity index is 1.40. The molecule has 0 aromatic heterocycles. The van der Waals surface area contributed by atoms with Crippen molar-refractivity contribution < 1.29 is 35.5 Å². The lowest BCUT2D eigenvalue weighted by Gasteiger charge is -2.20. The molecule has 5 aromatic carbocycles. The van der Waals surface area contributed by atoms with Crippen LogP contribution in [0.4, 0.5) is 30.7 Å². The van der Waals surface area contributed by atoms with Gasteiger partial charge in [0.15, 0.2) is 17.5 Å². The summed E-state index contributed by atoms with van der Waals surface area (Å²) in [6, 6.07) is 19.6. The van der Waals surface area contributed by atoms with E-state index in [2.05, 4.69) is 11.7 Å². The largest absolute Gasteiger partial charge is 0.432 e. The van der Waals surface area contributed by atoms with Crippen molar-refractivity contribution >= 4 is 10.8 Å². The van der Waals surface area contributed by atoms with Crippen LogP contribution in [0.2, 0.25) is 0 Å². The molecule has 204 valence electrons. The first-order chi connectivity index (χ1) is 19.1. The van der Waals surface area contributed by atoms with Crippen LogP contribution in [0.15, 0.2) is 84.9 Å². The third-order valence-corrected chi connectivity index (χ3v) is 6.57. The molecule has 8 heteroatoms.